The fourth-order valence-corrected chi connectivity index (χ4v) is 1.80. The van der Waals surface area contributed by atoms with Crippen molar-refractivity contribution in [2.75, 3.05) is 6.61 Å². The molecule has 1 rings (SSSR count). The van der Waals surface area contributed by atoms with Crippen LogP contribution in [0.1, 0.15) is 32.8 Å². The van der Waals surface area contributed by atoms with Gasteiger partial charge in [-0.1, -0.05) is 26.0 Å². The van der Waals surface area contributed by atoms with E-state index in [1.807, 2.05) is 25.1 Å². The van der Waals surface area contributed by atoms with Crippen LogP contribution >= 0.6 is 0 Å². The van der Waals surface area contributed by atoms with Crippen LogP contribution in [0.3, 0.4) is 0 Å². The summed E-state index contributed by atoms with van der Waals surface area (Å²) < 4.78 is 16.1. The second kappa shape index (κ2) is 8.25. The normalized spacial score (nSPS) is 11.6. The molecule has 0 heterocycles. The molecular weight excluding hydrogens is 256 g/mol. The van der Waals surface area contributed by atoms with Crippen LogP contribution in [-0.4, -0.2) is 18.9 Å². The minimum Gasteiger partial charge on any atom is -0.493 e. The van der Waals surface area contributed by atoms with Crippen LogP contribution in [0.2, 0.25) is 0 Å². The number of hydrogen-bond acceptors (Lipinski definition) is 4. The van der Waals surface area contributed by atoms with Gasteiger partial charge in [0.1, 0.15) is 11.5 Å². The van der Waals surface area contributed by atoms with Crippen LogP contribution in [0, 0.1) is 0 Å². The lowest BCUT2D eigenvalue weighted by Gasteiger charge is -2.16. The highest BCUT2D eigenvalue weighted by Gasteiger charge is 2.10. The van der Waals surface area contributed by atoms with Gasteiger partial charge in [-0.15, -0.1) is 0 Å². The predicted octanol–water partition coefficient (Wildman–Crippen LogP) is 3.49. The first-order valence-corrected chi connectivity index (χ1v) is 6.86. The zero-order valence-corrected chi connectivity index (χ0v) is 12.3. The molecule has 1 aromatic rings. The van der Waals surface area contributed by atoms with Crippen molar-refractivity contribution < 1.29 is 19.0 Å². The summed E-state index contributed by atoms with van der Waals surface area (Å²) in [4.78, 5) is 11.1. The third-order valence-corrected chi connectivity index (χ3v) is 2.61. The van der Waals surface area contributed by atoms with E-state index in [9.17, 15) is 4.79 Å². The monoisotopic (exact) mass is 278 g/mol. The van der Waals surface area contributed by atoms with E-state index < -0.39 is 12.3 Å². The fraction of sp³-hybridized carbons (Fsp3) is 0.438. The highest BCUT2D eigenvalue weighted by Crippen LogP contribution is 2.27. The minimum absolute atomic E-state index is 0.509. The van der Waals surface area contributed by atoms with Gasteiger partial charge in [-0.2, -0.15) is 0 Å². The first kappa shape index (κ1) is 16.1. The maximum atomic E-state index is 11.1. The Morgan fingerprint density at radius 1 is 1.40 bits per heavy atom. The third-order valence-electron chi connectivity index (χ3n) is 2.61. The Balaban J connectivity index is 2.77. The van der Waals surface area contributed by atoms with E-state index in [0.29, 0.717) is 12.4 Å². The second-order valence-corrected chi connectivity index (χ2v) is 4.28. The van der Waals surface area contributed by atoms with E-state index in [0.717, 1.165) is 30.2 Å². The Bertz CT molecular complexity index is 454. The molecule has 1 atom stereocenters. The molecule has 0 radical (unpaired) electrons. The molecule has 0 fully saturated rings. The smallest absolute Gasteiger partial charge is 0.333 e. The standard InChI is InChI=1S/C16H22O4/c1-5-8-13-9-10-14(11-15(13)18-7-3)19-12(4)20-16(17)6-2/h6,9-12H,2,5,7-8H2,1,3-4H3. The molecule has 0 N–H and O–H groups in total. The molecule has 1 aromatic carbocycles. The summed E-state index contributed by atoms with van der Waals surface area (Å²) in [6.45, 7) is 9.66. The lowest BCUT2D eigenvalue weighted by Crippen LogP contribution is -2.19. The van der Waals surface area contributed by atoms with Crippen molar-refractivity contribution in [3.8, 4) is 11.5 Å². The summed E-state index contributed by atoms with van der Waals surface area (Å²) in [5.74, 6) is 0.914. The maximum absolute atomic E-state index is 11.1. The fourth-order valence-electron chi connectivity index (χ4n) is 1.80. The van der Waals surface area contributed by atoms with Crippen molar-refractivity contribution in [2.45, 2.75) is 39.9 Å². The summed E-state index contributed by atoms with van der Waals surface area (Å²) in [6, 6.07) is 5.66. The number of esters is 1. The van der Waals surface area contributed by atoms with Crippen molar-refractivity contribution in [1.82, 2.24) is 0 Å². The summed E-state index contributed by atoms with van der Waals surface area (Å²) in [7, 11) is 0. The van der Waals surface area contributed by atoms with Crippen molar-refractivity contribution >= 4 is 5.97 Å². The zero-order valence-electron chi connectivity index (χ0n) is 12.3. The van der Waals surface area contributed by atoms with Gasteiger partial charge in [-0.25, -0.2) is 4.79 Å². The number of carbonyl (C=O) groups excluding carboxylic acids is 1. The SMILES string of the molecule is C=CC(=O)OC(C)Oc1ccc(CCC)c(OCC)c1. The molecule has 0 amide bonds. The molecule has 4 nitrogen and oxygen atoms in total. The molecule has 0 saturated heterocycles. The number of benzene rings is 1. The number of hydrogen-bond donors (Lipinski definition) is 0. The third kappa shape index (κ3) is 4.96. The molecule has 0 bridgehead atoms. The van der Waals surface area contributed by atoms with Crippen LogP contribution < -0.4 is 9.47 Å². The van der Waals surface area contributed by atoms with Crippen LogP contribution in [0.5, 0.6) is 11.5 Å². The first-order chi connectivity index (χ1) is 9.60. The van der Waals surface area contributed by atoms with Crippen LogP contribution in [0.25, 0.3) is 0 Å². The van der Waals surface area contributed by atoms with Gasteiger partial charge < -0.3 is 14.2 Å². The number of ether oxygens (including phenoxy) is 3. The van der Waals surface area contributed by atoms with Gasteiger partial charge in [0, 0.05) is 19.1 Å². The van der Waals surface area contributed by atoms with Crippen LogP contribution in [0.4, 0.5) is 0 Å². The molecule has 0 aliphatic rings. The molecular formula is C16H22O4. The van der Waals surface area contributed by atoms with Crippen molar-refractivity contribution in [3.05, 3.63) is 36.4 Å². The van der Waals surface area contributed by atoms with Gasteiger partial charge in [0.25, 0.3) is 0 Å². The Hall–Kier alpha value is -1.97. The summed E-state index contributed by atoms with van der Waals surface area (Å²) >= 11 is 0. The highest BCUT2D eigenvalue weighted by atomic mass is 16.7. The van der Waals surface area contributed by atoms with Gasteiger partial charge in [0.2, 0.25) is 6.29 Å². The van der Waals surface area contributed by atoms with E-state index in [4.69, 9.17) is 14.2 Å². The van der Waals surface area contributed by atoms with Gasteiger partial charge in [-0.05, 0) is 25.0 Å². The molecule has 0 saturated carbocycles. The van der Waals surface area contributed by atoms with E-state index in [1.54, 1.807) is 6.92 Å². The average molecular weight is 278 g/mol. The Kier molecular flexibility index (Phi) is 6.64. The average Bonchev–Trinajstić information content (AvgIpc) is 2.42. The van der Waals surface area contributed by atoms with Gasteiger partial charge in [0.15, 0.2) is 0 Å². The number of rotatable bonds is 8. The van der Waals surface area contributed by atoms with E-state index in [-0.39, 0.29) is 0 Å². The van der Waals surface area contributed by atoms with Crippen LogP contribution in [0.15, 0.2) is 30.9 Å². The predicted molar refractivity (Wildman–Crippen MR) is 78.0 cm³/mol. The Morgan fingerprint density at radius 3 is 2.75 bits per heavy atom. The Labute approximate surface area is 120 Å². The Morgan fingerprint density at radius 2 is 2.15 bits per heavy atom. The topological polar surface area (TPSA) is 44.8 Å². The zero-order chi connectivity index (χ0) is 15.0. The van der Waals surface area contributed by atoms with Crippen LogP contribution in [-0.2, 0) is 16.0 Å². The molecule has 0 spiro atoms. The van der Waals surface area contributed by atoms with Crippen molar-refractivity contribution in [2.24, 2.45) is 0 Å². The van der Waals surface area contributed by atoms with Gasteiger partial charge >= 0.3 is 5.97 Å². The van der Waals surface area contributed by atoms with Gasteiger partial charge in [0.05, 0.1) is 6.61 Å². The highest BCUT2D eigenvalue weighted by molar-refractivity contribution is 5.81. The number of aryl methyl sites for hydroxylation is 1. The summed E-state index contributed by atoms with van der Waals surface area (Å²) in [5, 5.41) is 0. The number of carbonyl (C=O) groups is 1. The summed E-state index contributed by atoms with van der Waals surface area (Å²) in [5.41, 5.74) is 1.15. The lowest BCUT2D eigenvalue weighted by molar-refractivity contribution is -0.154. The first-order valence-electron chi connectivity index (χ1n) is 6.86. The molecule has 0 aliphatic heterocycles. The molecule has 0 aliphatic carbocycles. The minimum atomic E-state index is -0.674. The molecule has 0 aromatic heterocycles. The maximum Gasteiger partial charge on any atom is 0.333 e. The molecule has 4 heteroatoms. The van der Waals surface area contributed by atoms with E-state index >= 15 is 0 Å². The van der Waals surface area contributed by atoms with Crippen molar-refractivity contribution in [1.29, 1.82) is 0 Å². The second-order valence-electron chi connectivity index (χ2n) is 4.28. The quantitative estimate of drug-likeness (QED) is 0.415. The largest absolute Gasteiger partial charge is 0.493 e. The van der Waals surface area contributed by atoms with E-state index in [1.165, 1.54) is 0 Å². The summed E-state index contributed by atoms with van der Waals surface area (Å²) in [6.07, 6.45) is 2.44. The van der Waals surface area contributed by atoms with Crippen molar-refractivity contribution in [3.63, 3.8) is 0 Å². The molecule has 110 valence electrons. The lowest BCUT2D eigenvalue weighted by atomic mass is 10.1. The molecule has 1 unspecified atom stereocenters. The van der Waals surface area contributed by atoms with Gasteiger partial charge in [-0.3, -0.25) is 0 Å². The van der Waals surface area contributed by atoms with E-state index in [2.05, 4.69) is 13.5 Å². The molecule has 20 heavy (non-hydrogen) atoms.